The van der Waals surface area contributed by atoms with Crippen molar-refractivity contribution in [2.24, 2.45) is 5.14 Å². The van der Waals surface area contributed by atoms with Gasteiger partial charge in [-0.1, -0.05) is 15.9 Å². The SMILES string of the molecule is NS(=O)(=O)c1cc(O)ccc1S(=O)(=O)NC(=O)c1ccc(Br)cc1. The summed E-state index contributed by atoms with van der Waals surface area (Å²) in [6, 6.07) is 8.34. The fourth-order valence-electron chi connectivity index (χ4n) is 1.78. The van der Waals surface area contributed by atoms with Gasteiger partial charge in [-0.15, -0.1) is 0 Å². The van der Waals surface area contributed by atoms with Crippen LogP contribution in [-0.4, -0.2) is 27.8 Å². The van der Waals surface area contributed by atoms with Gasteiger partial charge in [0.1, 0.15) is 15.5 Å². The van der Waals surface area contributed by atoms with Crippen molar-refractivity contribution in [2.45, 2.75) is 9.79 Å². The van der Waals surface area contributed by atoms with Gasteiger partial charge in [0.05, 0.1) is 0 Å². The molecule has 0 heterocycles. The van der Waals surface area contributed by atoms with Crippen LogP contribution in [0.25, 0.3) is 0 Å². The van der Waals surface area contributed by atoms with Crippen LogP contribution in [0.1, 0.15) is 10.4 Å². The van der Waals surface area contributed by atoms with Gasteiger partial charge in [-0.2, -0.15) is 0 Å². The number of benzene rings is 2. The van der Waals surface area contributed by atoms with Gasteiger partial charge in [-0.05, 0) is 36.4 Å². The maximum absolute atomic E-state index is 12.3. The number of nitrogens with two attached hydrogens (primary N) is 1. The molecular weight excluding hydrogens is 424 g/mol. The highest BCUT2D eigenvalue weighted by Gasteiger charge is 2.27. The second-order valence-corrected chi connectivity index (χ2v) is 8.71. The van der Waals surface area contributed by atoms with E-state index >= 15 is 0 Å². The second kappa shape index (κ2) is 6.51. The monoisotopic (exact) mass is 434 g/mol. The van der Waals surface area contributed by atoms with Crippen molar-refractivity contribution >= 4 is 41.9 Å². The molecule has 0 saturated carbocycles. The molecule has 0 atom stereocenters. The molecule has 0 radical (unpaired) electrons. The lowest BCUT2D eigenvalue weighted by molar-refractivity contribution is 0.0981. The van der Waals surface area contributed by atoms with E-state index in [2.05, 4.69) is 15.9 Å². The van der Waals surface area contributed by atoms with Gasteiger partial charge in [-0.3, -0.25) is 4.79 Å². The number of primary sulfonamides is 1. The van der Waals surface area contributed by atoms with Crippen LogP contribution >= 0.6 is 15.9 Å². The maximum Gasteiger partial charge on any atom is 0.265 e. The largest absolute Gasteiger partial charge is 0.508 e. The van der Waals surface area contributed by atoms with Crippen LogP contribution in [0.2, 0.25) is 0 Å². The molecule has 2 rings (SSSR count). The van der Waals surface area contributed by atoms with Crippen molar-refractivity contribution in [2.75, 3.05) is 0 Å². The molecule has 8 nitrogen and oxygen atoms in total. The van der Waals surface area contributed by atoms with Crippen LogP contribution in [0.5, 0.6) is 5.75 Å². The number of phenols is 1. The van der Waals surface area contributed by atoms with Crippen molar-refractivity contribution in [1.82, 2.24) is 4.72 Å². The van der Waals surface area contributed by atoms with E-state index in [-0.39, 0.29) is 5.56 Å². The van der Waals surface area contributed by atoms with E-state index in [4.69, 9.17) is 5.14 Å². The van der Waals surface area contributed by atoms with Gasteiger partial charge in [0.25, 0.3) is 15.9 Å². The quantitative estimate of drug-likeness (QED) is 0.652. The van der Waals surface area contributed by atoms with Crippen molar-refractivity contribution in [3.63, 3.8) is 0 Å². The summed E-state index contributed by atoms with van der Waals surface area (Å²) in [5.41, 5.74) is 0.0534. The van der Waals surface area contributed by atoms with Crippen LogP contribution in [0, 0.1) is 0 Å². The molecule has 0 fully saturated rings. The van der Waals surface area contributed by atoms with Gasteiger partial charge >= 0.3 is 0 Å². The lowest BCUT2D eigenvalue weighted by atomic mass is 10.2. The molecule has 0 bridgehead atoms. The number of carbonyl (C=O) groups is 1. The predicted molar refractivity (Wildman–Crippen MR) is 88.3 cm³/mol. The second-order valence-electron chi connectivity index (χ2n) is 4.62. The molecule has 11 heteroatoms. The number of phenolic OH excluding ortho intramolecular Hbond substituents is 1. The van der Waals surface area contributed by atoms with E-state index in [0.29, 0.717) is 10.5 Å². The number of amides is 1. The Morgan fingerprint density at radius 2 is 1.58 bits per heavy atom. The fraction of sp³-hybridized carbons (Fsp3) is 0. The fourth-order valence-corrected chi connectivity index (χ4v) is 4.40. The van der Waals surface area contributed by atoms with Gasteiger partial charge in [0, 0.05) is 16.1 Å². The summed E-state index contributed by atoms with van der Waals surface area (Å²) >= 11 is 3.18. The van der Waals surface area contributed by atoms with E-state index < -0.39 is 41.5 Å². The van der Waals surface area contributed by atoms with Crippen LogP contribution < -0.4 is 9.86 Å². The lowest BCUT2D eigenvalue weighted by Gasteiger charge is -2.11. The summed E-state index contributed by atoms with van der Waals surface area (Å²) in [6.45, 7) is 0. The number of carbonyl (C=O) groups excluding carboxylic acids is 1. The summed E-state index contributed by atoms with van der Waals surface area (Å²) in [6.07, 6.45) is 0. The third-order valence-electron chi connectivity index (χ3n) is 2.86. The van der Waals surface area contributed by atoms with Crippen molar-refractivity contribution in [3.8, 4) is 5.75 Å². The number of hydrogen-bond donors (Lipinski definition) is 3. The summed E-state index contributed by atoms with van der Waals surface area (Å²) < 4.78 is 50.1. The molecule has 4 N–H and O–H groups in total. The van der Waals surface area contributed by atoms with Crippen LogP contribution in [0.4, 0.5) is 0 Å². The Morgan fingerprint density at radius 1 is 1.00 bits per heavy atom. The zero-order chi connectivity index (χ0) is 18.1. The molecule has 0 aliphatic carbocycles. The highest BCUT2D eigenvalue weighted by molar-refractivity contribution is 9.10. The maximum atomic E-state index is 12.3. The Hall–Kier alpha value is -1.95. The van der Waals surface area contributed by atoms with Crippen LogP contribution in [0.15, 0.2) is 56.7 Å². The number of sulfonamides is 2. The summed E-state index contributed by atoms with van der Waals surface area (Å²) in [5.74, 6) is -1.44. The summed E-state index contributed by atoms with van der Waals surface area (Å²) in [5, 5.41) is 14.3. The van der Waals surface area contributed by atoms with E-state index in [9.17, 15) is 26.7 Å². The van der Waals surface area contributed by atoms with Gasteiger partial charge in [-0.25, -0.2) is 26.7 Å². The minimum atomic E-state index is -4.53. The first kappa shape index (κ1) is 18.4. The zero-order valence-electron chi connectivity index (χ0n) is 11.8. The normalized spacial score (nSPS) is 11.9. The number of rotatable bonds is 4. The lowest BCUT2D eigenvalue weighted by Crippen LogP contribution is -2.32. The van der Waals surface area contributed by atoms with Crippen molar-refractivity contribution in [3.05, 3.63) is 52.5 Å². The van der Waals surface area contributed by atoms with Crippen LogP contribution in [-0.2, 0) is 20.0 Å². The van der Waals surface area contributed by atoms with Crippen molar-refractivity contribution in [1.29, 1.82) is 0 Å². The molecule has 0 aromatic heterocycles. The highest BCUT2D eigenvalue weighted by Crippen LogP contribution is 2.24. The van der Waals surface area contributed by atoms with E-state index in [0.717, 1.165) is 12.1 Å². The zero-order valence-corrected chi connectivity index (χ0v) is 15.0. The number of aromatic hydroxyl groups is 1. The van der Waals surface area contributed by atoms with Crippen molar-refractivity contribution < 1.29 is 26.7 Å². The Balaban J connectivity index is 2.45. The first-order valence-corrected chi connectivity index (χ1v) is 10.0. The third kappa shape index (κ3) is 4.12. The smallest absolute Gasteiger partial charge is 0.265 e. The van der Waals surface area contributed by atoms with E-state index in [1.54, 1.807) is 4.72 Å². The molecule has 128 valence electrons. The molecule has 0 unspecified atom stereocenters. The minimum Gasteiger partial charge on any atom is -0.508 e. The summed E-state index contributed by atoms with van der Waals surface area (Å²) in [4.78, 5) is 10.5. The Kier molecular flexibility index (Phi) is 4.99. The molecular formula is C13H11BrN2O6S2. The van der Waals surface area contributed by atoms with Crippen LogP contribution in [0.3, 0.4) is 0 Å². The Labute approximate surface area is 146 Å². The molecule has 0 saturated heterocycles. The first-order chi connectivity index (χ1) is 11.0. The molecule has 0 spiro atoms. The van der Waals surface area contributed by atoms with Gasteiger partial charge in [0.15, 0.2) is 0 Å². The number of halogens is 1. The molecule has 0 aliphatic heterocycles. The highest BCUT2D eigenvalue weighted by atomic mass is 79.9. The topological polar surface area (TPSA) is 144 Å². The van der Waals surface area contributed by atoms with Gasteiger partial charge < -0.3 is 5.11 Å². The predicted octanol–water partition coefficient (Wildman–Crippen LogP) is 0.921. The molecule has 2 aromatic rings. The average molecular weight is 435 g/mol. The van der Waals surface area contributed by atoms with E-state index in [1.807, 2.05) is 0 Å². The molecule has 1 amide bonds. The molecule has 0 aliphatic rings. The van der Waals surface area contributed by atoms with E-state index in [1.165, 1.54) is 24.3 Å². The number of hydrogen-bond acceptors (Lipinski definition) is 6. The van der Waals surface area contributed by atoms with Gasteiger partial charge in [0.2, 0.25) is 10.0 Å². The molecule has 24 heavy (non-hydrogen) atoms. The Morgan fingerprint density at radius 3 is 2.12 bits per heavy atom. The number of nitrogens with one attached hydrogen (secondary N) is 1. The molecule has 2 aromatic carbocycles. The standard InChI is InChI=1S/C13H11BrN2O6S2/c14-9-3-1-8(2-4-9)13(18)16-24(21,22)11-6-5-10(17)7-12(11)23(15,19)20/h1-7,17H,(H,16,18)(H2,15,19,20). The first-order valence-electron chi connectivity index (χ1n) is 6.19. The third-order valence-corrected chi connectivity index (χ3v) is 5.85. The summed E-state index contributed by atoms with van der Waals surface area (Å²) in [7, 11) is -8.97. The average Bonchev–Trinajstić information content (AvgIpc) is 2.46. The minimum absolute atomic E-state index is 0.0534. The Bertz CT molecular complexity index is 1000.